The second kappa shape index (κ2) is 5.55. The van der Waals surface area contributed by atoms with Crippen LogP contribution in [-0.2, 0) is 0 Å². The molecule has 94 valence electrons. The molecule has 0 spiro atoms. The van der Waals surface area contributed by atoms with Gasteiger partial charge in [0.1, 0.15) is 11.6 Å². The van der Waals surface area contributed by atoms with Gasteiger partial charge >= 0.3 is 0 Å². The number of aromatic nitrogens is 2. The van der Waals surface area contributed by atoms with Crippen molar-refractivity contribution in [2.75, 3.05) is 29.7 Å². The van der Waals surface area contributed by atoms with Crippen molar-refractivity contribution in [3.05, 3.63) is 6.07 Å². The summed E-state index contributed by atoms with van der Waals surface area (Å²) in [5.74, 6) is 7.81. The molecule has 17 heavy (non-hydrogen) atoms. The fourth-order valence-corrected chi connectivity index (χ4v) is 2.51. The summed E-state index contributed by atoms with van der Waals surface area (Å²) in [6, 6.07) is 1.91. The first kappa shape index (κ1) is 12.4. The van der Waals surface area contributed by atoms with Gasteiger partial charge < -0.3 is 10.3 Å². The van der Waals surface area contributed by atoms with Gasteiger partial charge in [0.25, 0.3) is 0 Å². The largest absolute Gasteiger partial charge is 0.356 e. The van der Waals surface area contributed by atoms with Crippen molar-refractivity contribution in [2.24, 2.45) is 11.8 Å². The van der Waals surface area contributed by atoms with Crippen molar-refractivity contribution in [1.82, 2.24) is 9.97 Å². The maximum atomic E-state index is 5.43. The fraction of sp³-hybridized carbons (Fsp3) is 0.636. The summed E-state index contributed by atoms with van der Waals surface area (Å²) >= 11 is 1.53. The van der Waals surface area contributed by atoms with Crippen LogP contribution in [0.2, 0.25) is 0 Å². The number of anilines is 2. The van der Waals surface area contributed by atoms with Crippen LogP contribution in [0.3, 0.4) is 0 Å². The third-order valence-corrected chi connectivity index (χ3v) is 3.55. The zero-order valence-corrected chi connectivity index (χ0v) is 11.1. The Hall–Kier alpha value is -1.01. The van der Waals surface area contributed by atoms with E-state index in [2.05, 4.69) is 27.2 Å². The van der Waals surface area contributed by atoms with Crippen LogP contribution in [0.25, 0.3) is 0 Å². The molecule has 1 fully saturated rings. The number of nitrogen functional groups attached to an aromatic ring is 1. The van der Waals surface area contributed by atoms with E-state index in [1.165, 1.54) is 24.6 Å². The molecule has 1 saturated heterocycles. The van der Waals surface area contributed by atoms with Crippen LogP contribution in [0.1, 0.15) is 19.8 Å². The Morgan fingerprint density at radius 2 is 2.35 bits per heavy atom. The zero-order valence-electron chi connectivity index (χ0n) is 10.3. The number of nitrogens with two attached hydrogens (primary N) is 1. The molecule has 1 aliphatic rings. The van der Waals surface area contributed by atoms with Gasteiger partial charge in [-0.15, -0.1) is 0 Å². The lowest BCUT2D eigenvalue weighted by molar-refractivity contribution is 0.444. The summed E-state index contributed by atoms with van der Waals surface area (Å²) in [6.45, 7) is 4.42. The van der Waals surface area contributed by atoms with E-state index >= 15 is 0 Å². The average Bonchev–Trinajstić information content (AvgIpc) is 2.38. The molecule has 0 aliphatic carbocycles. The minimum atomic E-state index is 0.678. The zero-order chi connectivity index (χ0) is 12.3. The van der Waals surface area contributed by atoms with Crippen LogP contribution in [0, 0.1) is 5.92 Å². The fourth-order valence-electron chi connectivity index (χ4n) is 2.14. The molecular formula is C11H19N5S. The summed E-state index contributed by atoms with van der Waals surface area (Å²) in [5, 5.41) is 0.758. The monoisotopic (exact) mass is 253 g/mol. The number of hydrogen-bond acceptors (Lipinski definition) is 6. The molecule has 5 nitrogen and oxygen atoms in total. The van der Waals surface area contributed by atoms with Gasteiger partial charge in [0.15, 0.2) is 5.16 Å². The molecule has 2 heterocycles. The number of rotatable bonds is 3. The standard InChI is InChI=1S/C11H19N5S/c1-8-4-3-5-16(7-8)10-6-9(15-12)13-11(14-10)17-2/h6,8H,3-5,7,12H2,1-2H3,(H,13,14,15). The second-order valence-electron chi connectivity index (χ2n) is 4.44. The first-order valence-electron chi connectivity index (χ1n) is 5.87. The molecular weight excluding hydrogens is 234 g/mol. The molecule has 2 rings (SSSR count). The number of nitrogens with one attached hydrogen (secondary N) is 1. The number of piperidine rings is 1. The quantitative estimate of drug-likeness (QED) is 0.370. The summed E-state index contributed by atoms with van der Waals surface area (Å²) in [4.78, 5) is 11.1. The Morgan fingerprint density at radius 3 is 3.00 bits per heavy atom. The normalized spacial score (nSPS) is 20.4. The summed E-state index contributed by atoms with van der Waals surface area (Å²) in [7, 11) is 0. The van der Waals surface area contributed by atoms with E-state index in [9.17, 15) is 0 Å². The molecule has 0 bridgehead atoms. The first-order valence-corrected chi connectivity index (χ1v) is 7.10. The third kappa shape index (κ3) is 3.01. The van der Waals surface area contributed by atoms with Gasteiger partial charge in [-0.05, 0) is 25.0 Å². The number of hydrogen-bond donors (Lipinski definition) is 2. The average molecular weight is 253 g/mol. The van der Waals surface area contributed by atoms with Gasteiger partial charge in [-0.25, -0.2) is 15.8 Å². The molecule has 0 radical (unpaired) electrons. The van der Waals surface area contributed by atoms with Gasteiger partial charge in [0, 0.05) is 19.2 Å². The minimum Gasteiger partial charge on any atom is -0.356 e. The van der Waals surface area contributed by atoms with Gasteiger partial charge in [-0.1, -0.05) is 18.7 Å². The Morgan fingerprint density at radius 1 is 1.53 bits per heavy atom. The van der Waals surface area contributed by atoms with E-state index in [4.69, 9.17) is 5.84 Å². The molecule has 1 aromatic rings. The highest BCUT2D eigenvalue weighted by atomic mass is 32.2. The lowest BCUT2D eigenvalue weighted by Gasteiger charge is -2.32. The van der Waals surface area contributed by atoms with E-state index in [0.717, 1.165) is 30.0 Å². The van der Waals surface area contributed by atoms with Crippen molar-refractivity contribution in [3.8, 4) is 0 Å². The molecule has 1 unspecified atom stereocenters. The molecule has 1 aliphatic heterocycles. The van der Waals surface area contributed by atoms with E-state index in [-0.39, 0.29) is 0 Å². The highest BCUT2D eigenvalue weighted by molar-refractivity contribution is 7.98. The minimum absolute atomic E-state index is 0.678. The van der Waals surface area contributed by atoms with Crippen molar-refractivity contribution in [1.29, 1.82) is 0 Å². The van der Waals surface area contributed by atoms with Crippen LogP contribution in [0.15, 0.2) is 11.2 Å². The van der Waals surface area contributed by atoms with Crippen LogP contribution < -0.4 is 16.2 Å². The highest BCUT2D eigenvalue weighted by Gasteiger charge is 2.18. The third-order valence-electron chi connectivity index (χ3n) is 3.00. The van der Waals surface area contributed by atoms with E-state index < -0.39 is 0 Å². The van der Waals surface area contributed by atoms with Gasteiger partial charge in [-0.2, -0.15) is 0 Å². The molecule has 1 atom stereocenters. The van der Waals surface area contributed by atoms with E-state index in [0.29, 0.717) is 5.82 Å². The topological polar surface area (TPSA) is 67.1 Å². The van der Waals surface area contributed by atoms with Gasteiger partial charge in [0.05, 0.1) is 0 Å². The van der Waals surface area contributed by atoms with Crippen molar-refractivity contribution >= 4 is 23.4 Å². The van der Waals surface area contributed by atoms with E-state index in [1.807, 2.05) is 12.3 Å². The molecule has 6 heteroatoms. The van der Waals surface area contributed by atoms with Crippen LogP contribution >= 0.6 is 11.8 Å². The number of nitrogens with zero attached hydrogens (tertiary/aromatic N) is 3. The highest BCUT2D eigenvalue weighted by Crippen LogP contribution is 2.24. The SMILES string of the molecule is CSc1nc(NN)cc(N2CCCC(C)C2)n1. The molecule has 0 aromatic carbocycles. The van der Waals surface area contributed by atoms with E-state index in [1.54, 1.807) is 0 Å². The first-order chi connectivity index (χ1) is 8.22. The smallest absolute Gasteiger partial charge is 0.191 e. The van der Waals surface area contributed by atoms with Gasteiger partial charge in [-0.3, -0.25) is 0 Å². The molecule has 3 N–H and O–H groups in total. The Kier molecular flexibility index (Phi) is 4.06. The van der Waals surface area contributed by atoms with Crippen LogP contribution in [0.5, 0.6) is 0 Å². The maximum absolute atomic E-state index is 5.43. The molecule has 0 amide bonds. The Labute approximate surface area is 106 Å². The summed E-state index contributed by atoms with van der Waals surface area (Å²) < 4.78 is 0. The van der Waals surface area contributed by atoms with Crippen molar-refractivity contribution in [3.63, 3.8) is 0 Å². The second-order valence-corrected chi connectivity index (χ2v) is 5.21. The Balaban J connectivity index is 2.23. The Bertz CT molecular complexity index is 362. The van der Waals surface area contributed by atoms with Crippen LogP contribution in [0.4, 0.5) is 11.6 Å². The molecule has 0 saturated carbocycles. The maximum Gasteiger partial charge on any atom is 0.191 e. The number of thioether (sulfide) groups is 1. The van der Waals surface area contributed by atoms with Crippen LogP contribution in [-0.4, -0.2) is 29.3 Å². The van der Waals surface area contributed by atoms with Crippen molar-refractivity contribution in [2.45, 2.75) is 24.9 Å². The lowest BCUT2D eigenvalue weighted by Crippen LogP contribution is -2.35. The lowest BCUT2D eigenvalue weighted by atomic mass is 10.0. The summed E-state index contributed by atoms with van der Waals surface area (Å²) in [5.41, 5.74) is 2.60. The van der Waals surface area contributed by atoms with Gasteiger partial charge in [0.2, 0.25) is 0 Å². The predicted molar refractivity (Wildman–Crippen MR) is 72.2 cm³/mol. The number of hydrazine groups is 1. The summed E-state index contributed by atoms with van der Waals surface area (Å²) in [6.07, 6.45) is 4.50. The molecule has 1 aromatic heterocycles. The predicted octanol–water partition coefficient (Wildman–Crippen LogP) is 1.72. The van der Waals surface area contributed by atoms with Crippen molar-refractivity contribution < 1.29 is 0 Å².